The fourth-order valence-electron chi connectivity index (χ4n) is 3.81. The number of rotatable bonds is 5. The lowest BCUT2D eigenvalue weighted by molar-refractivity contribution is -0.123. The van der Waals surface area contributed by atoms with Crippen LogP contribution in [0.2, 0.25) is 0 Å². The van der Waals surface area contributed by atoms with Crippen molar-refractivity contribution in [1.29, 1.82) is 0 Å². The molecule has 2 N–H and O–H groups in total. The molecule has 1 heterocycles. The molecule has 0 radical (unpaired) electrons. The second kappa shape index (κ2) is 9.54. The van der Waals surface area contributed by atoms with Gasteiger partial charge in [0.25, 0.3) is 5.91 Å². The zero-order valence-electron chi connectivity index (χ0n) is 16.6. The van der Waals surface area contributed by atoms with E-state index in [4.69, 9.17) is 4.74 Å². The Labute approximate surface area is 170 Å². The van der Waals surface area contributed by atoms with Crippen molar-refractivity contribution in [2.24, 2.45) is 5.92 Å². The third-order valence-corrected chi connectivity index (χ3v) is 5.50. The summed E-state index contributed by atoms with van der Waals surface area (Å²) in [6, 6.07) is 5.96. The molecule has 1 aliphatic carbocycles. The van der Waals surface area contributed by atoms with Crippen LogP contribution in [-0.4, -0.2) is 43.0 Å². The summed E-state index contributed by atoms with van der Waals surface area (Å²) in [5.74, 6) is -0.904. The van der Waals surface area contributed by atoms with E-state index in [1.54, 1.807) is 29.2 Å². The molecule has 3 rings (SSSR count). The number of carbonyl (C=O) groups is 4. The van der Waals surface area contributed by atoms with E-state index < -0.39 is 24.5 Å². The predicted octanol–water partition coefficient (Wildman–Crippen LogP) is 2.37. The summed E-state index contributed by atoms with van der Waals surface area (Å²) in [7, 11) is 0. The number of nitrogens with one attached hydrogen (secondary N) is 2. The Morgan fingerprint density at radius 1 is 1.10 bits per heavy atom. The van der Waals surface area contributed by atoms with Gasteiger partial charge in [-0.25, -0.2) is 9.59 Å². The zero-order valence-corrected chi connectivity index (χ0v) is 16.6. The highest BCUT2D eigenvalue weighted by atomic mass is 16.5. The summed E-state index contributed by atoms with van der Waals surface area (Å²) in [5.41, 5.74) is 1.00. The maximum absolute atomic E-state index is 12.1. The zero-order chi connectivity index (χ0) is 20.8. The number of imide groups is 1. The van der Waals surface area contributed by atoms with Crippen LogP contribution < -0.4 is 15.5 Å². The van der Waals surface area contributed by atoms with Crippen molar-refractivity contribution in [2.75, 3.05) is 18.1 Å². The van der Waals surface area contributed by atoms with Gasteiger partial charge in [-0.05, 0) is 49.4 Å². The first-order valence-corrected chi connectivity index (χ1v) is 10.1. The van der Waals surface area contributed by atoms with Crippen LogP contribution in [0.25, 0.3) is 0 Å². The van der Waals surface area contributed by atoms with E-state index in [1.165, 1.54) is 0 Å². The molecule has 2 fully saturated rings. The highest BCUT2D eigenvalue weighted by molar-refractivity contribution is 5.98. The van der Waals surface area contributed by atoms with Crippen LogP contribution in [0.1, 0.15) is 55.8 Å². The molecule has 1 aromatic carbocycles. The maximum Gasteiger partial charge on any atom is 0.338 e. The normalized spacial score (nSPS) is 21.6. The summed E-state index contributed by atoms with van der Waals surface area (Å²) in [5, 5.41) is 5.01. The molecule has 4 amide bonds. The SMILES string of the molecule is C[C@@H]1CCCC[C@H]1NC(=O)NC(=O)COC(=O)c1ccc(N2CCCC2=O)cc1. The van der Waals surface area contributed by atoms with Crippen molar-refractivity contribution in [3.63, 3.8) is 0 Å². The molecule has 29 heavy (non-hydrogen) atoms. The Kier molecular flexibility index (Phi) is 6.85. The molecule has 2 atom stereocenters. The molecule has 8 heteroatoms. The van der Waals surface area contributed by atoms with Gasteiger partial charge in [-0.1, -0.05) is 19.8 Å². The number of ether oxygens (including phenoxy) is 1. The lowest BCUT2D eigenvalue weighted by atomic mass is 9.86. The van der Waals surface area contributed by atoms with Gasteiger partial charge < -0.3 is 15.0 Å². The highest BCUT2D eigenvalue weighted by Crippen LogP contribution is 2.23. The lowest BCUT2D eigenvalue weighted by Gasteiger charge is -2.29. The van der Waals surface area contributed by atoms with E-state index >= 15 is 0 Å². The predicted molar refractivity (Wildman–Crippen MR) is 106 cm³/mol. The van der Waals surface area contributed by atoms with Gasteiger partial charge in [-0.15, -0.1) is 0 Å². The second-order valence-corrected chi connectivity index (χ2v) is 7.66. The van der Waals surface area contributed by atoms with Crippen molar-refractivity contribution in [3.8, 4) is 0 Å². The highest BCUT2D eigenvalue weighted by Gasteiger charge is 2.24. The Hall–Kier alpha value is -2.90. The Morgan fingerprint density at radius 2 is 1.83 bits per heavy atom. The van der Waals surface area contributed by atoms with Crippen molar-refractivity contribution < 1.29 is 23.9 Å². The number of urea groups is 1. The first-order valence-electron chi connectivity index (χ1n) is 10.1. The summed E-state index contributed by atoms with van der Waals surface area (Å²) >= 11 is 0. The number of nitrogens with zero attached hydrogens (tertiary/aromatic N) is 1. The van der Waals surface area contributed by atoms with Gasteiger partial charge in [-0.3, -0.25) is 14.9 Å². The first-order chi connectivity index (χ1) is 13.9. The van der Waals surface area contributed by atoms with Gasteiger partial charge in [0.05, 0.1) is 5.56 Å². The van der Waals surface area contributed by atoms with Crippen LogP contribution in [0.3, 0.4) is 0 Å². The maximum atomic E-state index is 12.1. The van der Waals surface area contributed by atoms with Crippen LogP contribution in [0.15, 0.2) is 24.3 Å². The number of benzene rings is 1. The van der Waals surface area contributed by atoms with E-state index in [0.717, 1.165) is 37.8 Å². The fourth-order valence-corrected chi connectivity index (χ4v) is 3.81. The van der Waals surface area contributed by atoms with Crippen LogP contribution in [0.5, 0.6) is 0 Å². The number of amides is 4. The summed E-state index contributed by atoms with van der Waals surface area (Å²) in [6.07, 6.45) is 5.53. The minimum atomic E-state index is -0.682. The number of carbonyl (C=O) groups excluding carboxylic acids is 4. The average molecular weight is 401 g/mol. The lowest BCUT2D eigenvalue weighted by Crippen LogP contribution is -2.48. The Bertz CT molecular complexity index is 777. The van der Waals surface area contributed by atoms with Crippen LogP contribution in [-0.2, 0) is 14.3 Å². The molecule has 1 saturated heterocycles. The average Bonchev–Trinajstić information content (AvgIpc) is 3.14. The quantitative estimate of drug-likeness (QED) is 0.737. The molecule has 156 valence electrons. The third kappa shape index (κ3) is 5.56. The van der Waals surface area contributed by atoms with Gasteiger partial charge >= 0.3 is 12.0 Å². The van der Waals surface area contributed by atoms with Crippen LogP contribution in [0.4, 0.5) is 10.5 Å². The molecule has 1 saturated carbocycles. The molecule has 0 bridgehead atoms. The Balaban J connectivity index is 1.43. The van der Waals surface area contributed by atoms with Crippen molar-refractivity contribution >= 4 is 29.5 Å². The fraction of sp³-hybridized carbons (Fsp3) is 0.524. The third-order valence-electron chi connectivity index (χ3n) is 5.50. The van der Waals surface area contributed by atoms with Crippen molar-refractivity contribution in [2.45, 2.75) is 51.5 Å². The molecule has 1 aliphatic heterocycles. The molecule has 8 nitrogen and oxygen atoms in total. The standard InChI is InChI=1S/C21H27N3O5/c1-14-5-2-3-6-17(14)22-21(28)23-18(25)13-29-20(27)15-8-10-16(11-9-15)24-12-4-7-19(24)26/h8-11,14,17H,2-7,12-13H2,1H3,(H2,22,23,25,28)/t14-,17-/m1/s1. The number of anilines is 1. The van der Waals surface area contributed by atoms with Gasteiger partial charge in [0.1, 0.15) is 0 Å². The van der Waals surface area contributed by atoms with E-state index in [1.807, 2.05) is 0 Å². The smallest absolute Gasteiger partial charge is 0.338 e. The minimum Gasteiger partial charge on any atom is -0.452 e. The van der Waals surface area contributed by atoms with Crippen LogP contribution in [0, 0.1) is 5.92 Å². The van der Waals surface area contributed by atoms with Gasteiger partial charge in [-0.2, -0.15) is 0 Å². The topological polar surface area (TPSA) is 105 Å². The Morgan fingerprint density at radius 3 is 2.48 bits per heavy atom. The van der Waals surface area contributed by atoms with Crippen molar-refractivity contribution in [1.82, 2.24) is 10.6 Å². The van der Waals surface area contributed by atoms with Gasteiger partial charge in [0.2, 0.25) is 5.91 Å². The summed E-state index contributed by atoms with van der Waals surface area (Å²) < 4.78 is 4.98. The molecular weight excluding hydrogens is 374 g/mol. The van der Waals surface area contributed by atoms with E-state index in [0.29, 0.717) is 18.9 Å². The molecule has 0 spiro atoms. The van der Waals surface area contributed by atoms with Crippen LogP contribution >= 0.6 is 0 Å². The number of esters is 1. The molecule has 0 aromatic heterocycles. The van der Waals surface area contributed by atoms with Gasteiger partial charge in [0, 0.05) is 24.7 Å². The minimum absolute atomic E-state index is 0.0557. The largest absolute Gasteiger partial charge is 0.452 e. The summed E-state index contributed by atoms with van der Waals surface area (Å²) in [4.78, 5) is 49.4. The van der Waals surface area contributed by atoms with E-state index in [-0.39, 0.29) is 17.5 Å². The van der Waals surface area contributed by atoms with Gasteiger partial charge in [0.15, 0.2) is 6.61 Å². The number of hydrogen-bond donors (Lipinski definition) is 2. The van der Waals surface area contributed by atoms with E-state index in [9.17, 15) is 19.2 Å². The molecule has 2 aliphatic rings. The van der Waals surface area contributed by atoms with Crippen molar-refractivity contribution in [3.05, 3.63) is 29.8 Å². The molecule has 1 aromatic rings. The molecule has 0 unspecified atom stereocenters. The monoisotopic (exact) mass is 401 g/mol. The first kappa shape index (κ1) is 20.8. The molecular formula is C21H27N3O5. The summed E-state index contributed by atoms with van der Waals surface area (Å²) in [6.45, 7) is 2.21. The second-order valence-electron chi connectivity index (χ2n) is 7.66. The van der Waals surface area contributed by atoms with E-state index in [2.05, 4.69) is 17.6 Å². The number of hydrogen-bond acceptors (Lipinski definition) is 5.